The molecule has 1 aromatic rings. The van der Waals surface area contributed by atoms with Crippen molar-refractivity contribution in [3.8, 4) is 0 Å². The number of benzene rings is 1. The molecule has 0 spiro atoms. The van der Waals surface area contributed by atoms with Gasteiger partial charge in [-0.2, -0.15) is 0 Å². The van der Waals surface area contributed by atoms with Gasteiger partial charge in [0.15, 0.2) is 0 Å². The zero-order valence-electron chi connectivity index (χ0n) is 12.2. The molecule has 5 nitrogen and oxygen atoms in total. The number of carbonyl (C=O) groups excluding carboxylic acids is 1. The Labute approximate surface area is 124 Å². The Balaban J connectivity index is 2.12. The van der Waals surface area contributed by atoms with E-state index in [0.717, 1.165) is 18.4 Å². The predicted octanol–water partition coefficient (Wildman–Crippen LogP) is 1.79. The van der Waals surface area contributed by atoms with E-state index in [9.17, 15) is 14.7 Å². The van der Waals surface area contributed by atoms with Crippen molar-refractivity contribution in [1.82, 2.24) is 4.90 Å². The van der Waals surface area contributed by atoms with E-state index >= 15 is 0 Å². The van der Waals surface area contributed by atoms with Crippen molar-refractivity contribution < 1.29 is 14.7 Å². The van der Waals surface area contributed by atoms with E-state index in [1.54, 1.807) is 6.92 Å². The van der Waals surface area contributed by atoms with E-state index in [0.29, 0.717) is 13.0 Å². The van der Waals surface area contributed by atoms with Crippen molar-refractivity contribution in [1.29, 1.82) is 0 Å². The molecular weight excluding hydrogens is 268 g/mol. The summed E-state index contributed by atoms with van der Waals surface area (Å²) in [5.41, 5.74) is 7.06. The normalized spacial score (nSPS) is 21.6. The largest absolute Gasteiger partial charge is 0.480 e. The third kappa shape index (κ3) is 3.42. The number of hydrogen-bond donors (Lipinski definition) is 2. The average Bonchev–Trinajstić information content (AvgIpc) is 2.53. The van der Waals surface area contributed by atoms with Crippen LogP contribution in [0.1, 0.15) is 37.8 Å². The maximum absolute atomic E-state index is 12.6. The van der Waals surface area contributed by atoms with Gasteiger partial charge in [-0.15, -0.1) is 0 Å². The van der Waals surface area contributed by atoms with E-state index in [4.69, 9.17) is 5.73 Å². The second-order valence-electron chi connectivity index (χ2n) is 5.61. The minimum atomic E-state index is -0.927. The molecule has 1 aromatic carbocycles. The van der Waals surface area contributed by atoms with Crippen molar-refractivity contribution in [2.24, 2.45) is 11.7 Å². The Bertz CT molecular complexity index is 504. The van der Waals surface area contributed by atoms with Gasteiger partial charge in [0.25, 0.3) is 0 Å². The van der Waals surface area contributed by atoms with Crippen LogP contribution in [0, 0.1) is 5.92 Å². The summed E-state index contributed by atoms with van der Waals surface area (Å²) >= 11 is 0. The number of aliphatic carboxylic acids is 1. The summed E-state index contributed by atoms with van der Waals surface area (Å²) < 4.78 is 0. The summed E-state index contributed by atoms with van der Waals surface area (Å²) in [6.45, 7) is 2.27. The molecule has 1 fully saturated rings. The van der Waals surface area contributed by atoms with Crippen molar-refractivity contribution in [2.75, 3.05) is 6.54 Å². The van der Waals surface area contributed by atoms with Crippen LogP contribution in [0.25, 0.3) is 0 Å². The smallest absolute Gasteiger partial charge is 0.326 e. The minimum absolute atomic E-state index is 0.168. The number of nitrogens with zero attached hydrogens (tertiary/aromatic N) is 1. The molecule has 114 valence electrons. The SMILES string of the molecule is CC(C(=O)N1CCCCC1C(=O)O)C(N)c1ccccc1. The number of amides is 1. The Morgan fingerprint density at radius 1 is 1.29 bits per heavy atom. The molecule has 1 saturated heterocycles. The monoisotopic (exact) mass is 290 g/mol. The number of carbonyl (C=O) groups is 2. The molecule has 3 atom stereocenters. The first-order valence-electron chi connectivity index (χ1n) is 7.36. The lowest BCUT2D eigenvalue weighted by Crippen LogP contribution is -2.51. The molecule has 1 heterocycles. The molecule has 1 aliphatic heterocycles. The molecule has 0 saturated carbocycles. The molecule has 1 amide bonds. The van der Waals surface area contributed by atoms with E-state index < -0.39 is 24.0 Å². The van der Waals surface area contributed by atoms with Crippen LogP contribution in [0.15, 0.2) is 30.3 Å². The number of carboxylic acids is 1. The van der Waals surface area contributed by atoms with Crippen LogP contribution in [-0.2, 0) is 9.59 Å². The molecule has 0 aromatic heterocycles. The molecule has 1 aliphatic rings. The van der Waals surface area contributed by atoms with Gasteiger partial charge in [-0.1, -0.05) is 37.3 Å². The Morgan fingerprint density at radius 3 is 2.57 bits per heavy atom. The lowest BCUT2D eigenvalue weighted by atomic mass is 9.92. The fraction of sp³-hybridized carbons (Fsp3) is 0.500. The maximum Gasteiger partial charge on any atom is 0.326 e. The summed E-state index contributed by atoms with van der Waals surface area (Å²) in [6.07, 6.45) is 2.22. The number of rotatable bonds is 4. The van der Waals surface area contributed by atoms with Gasteiger partial charge in [0, 0.05) is 12.6 Å². The highest BCUT2D eigenvalue weighted by Crippen LogP contribution is 2.25. The van der Waals surface area contributed by atoms with Crippen LogP contribution in [0.4, 0.5) is 0 Å². The topological polar surface area (TPSA) is 83.6 Å². The highest BCUT2D eigenvalue weighted by molar-refractivity contribution is 5.85. The van der Waals surface area contributed by atoms with E-state index in [1.165, 1.54) is 4.90 Å². The van der Waals surface area contributed by atoms with Gasteiger partial charge in [-0.25, -0.2) is 4.79 Å². The highest BCUT2D eigenvalue weighted by atomic mass is 16.4. The molecule has 3 unspecified atom stereocenters. The van der Waals surface area contributed by atoms with Gasteiger partial charge >= 0.3 is 5.97 Å². The lowest BCUT2D eigenvalue weighted by Gasteiger charge is -2.36. The minimum Gasteiger partial charge on any atom is -0.480 e. The standard InChI is InChI=1S/C16H22N2O3/c1-11(14(17)12-7-3-2-4-8-12)15(19)18-10-6-5-9-13(18)16(20)21/h2-4,7-8,11,13-14H,5-6,9-10,17H2,1H3,(H,20,21). The fourth-order valence-electron chi connectivity index (χ4n) is 2.83. The molecule has 0 bridgehead atoms. The summed E-state index contributed by atoms with van der Waals surface area (Å²) in [5.74, 6) is -1.53. The average molecular weight is 290 g/mol. The third-order valence-corrected chi connectivity index (χ3v) is 4.18. The zero-order chi connectivity index (χ0) is 15.4. The number of likely N-dealkylation sites (tertiary alicyclic amines) is 1. The van der Waals surface area contributed by atoms with Gasteiger partial charge in [0.2, 0.25) is 5.91 Å². The lowest BCUT2D eigenvalue weighted by molar-refractivity contribution is -0.154. The predicted molar refractivity (Wildman–Crippen MR) is 79.5 cm³/mol. The van der Waals surface area contributed by atoms with Crippen LogP contribution >= 0.6 is 0 Å². The van der Waals surface area contributed by atoms with Crippen LogP contribution in [0.3, 0.4) is 0 Å². The third-order valence-electron chi connectivity index (χ3n) is 4.18. The molecule has 2 rings (SSSR count). The van der Waals surface area contributed by atoms with Gasteiger partial charge < -0.3 is 15.7 Å². The first kappa shape index (κ1) is 15.5. The molecule has 21 heavy (non-hydrogen) atoms. The van der Waals surface area contributed by atoms with E-state index in [1.807, 2.05) is 30.3 Å². The Hall–Kier alpha value is -1.88. The Kier molecular flexibility index (Phi) is 4.96. The van der Waals surface area contributed by atoms with Crippen molar-refractivity contribution >= 4 is 11.9 Å². The molecular formula is C16H22N2O3. The summed E-state index contributed by atoms with van der Waals surface area (Å²) in [7, 11) is 0. The number of nitrogens with two attached hydrogens (primary N) is 1. The van der Waals surface area contributed by atoms with Crippen LogP contribution in [0.2, 0.25) is 0 Å². The van der Waals surface area contributed by atoms with Gasteiger partial charge in [-0.3, -0.25) is 4.79 Å². The molecule has 5 heteroatoms. The van der Waals surface area contributed by atoms with Crippen molar-refractivity contribution in [2.45, 2.75) is 38.3 Å². The van der Waals surface area contributed by atoms with Crippen LogP contribution in [-0.4, -0.2) is 34.5 Å². The fourth-order valence-corrected chi connectivity index (χ4v) is 2.83. The first-order valence-corrected chi connectivity index (χ1v) is 7.36. The second kappa shape index (κ2) is 6.72. The van der Waals surface area contributed by atoms with Crippen molar-refractivity contribution in [3.05, 3.63) is 35.9 Å². The number of hydrogen-bond acceptors (Lipinski definition) is 3. The maximum atomic E-state index is 12.6. The van der Waals surface area contributed by atoms with Gasteiger partial charge in [0.1, 0.15) is 6.04 Å². The molecule has 0 aliphatic carbocycles. The van der Waals surface area contributed by atoms with Gasteiger partial charge in [0.05, 0.1) is 5.92 Å². The van der Waals surface area contributed by atoms with Crippen LogP contribution in [0.5, 0.6) is 0 Å². The van der Waals surface area contributed by atoms with E-state index in [2.05, 4.69) is 0 Å². The summed E-state index contributed by atoms with van der Waals surface area (Å²) in [5, 5.41) is 9.27. The van der Waals surface area contributed by atoms with Crippen molar-refractivity contribution in [3.63, 3.8) is 0 Å². The highest BCUT2D eigenvalue weighted by Gasteiger charge is 2.35. The quantitative estimate of drug-likeness (QED) is 0.885. The summed E-state index contributed by atoms with van der Waals surface area (Å²) in [6, 6.07) is 8.30. The molecule has 3 N–H and O–H groups in total. The van der Waals surface area contributed by atoms with Gasteiger partial charge in [-0.05, 0) is 24.8 Å². The van der Waals surface area contributed by atoms with Crippen LogP contribution < -0.4 is 5.73 Å². The first-order chi connectivity index (χ1) is 10.0. The number of piperidine rings is 1. The molecule has 0 radical (unpaired) electrons. The summed E-state index contributed by atoms with van der Waals surface area (Å²) in [4.78, 5) is 25.4. The van der Waals surface area contributed by atoms with E-state index in [-0.39, 0.29) is 5.91 Å². The Morgan fingerprint density at radius 2 is 1.95 bits per heavy atom. The zero-order valence-corrected chi connectivity index (χ0v) is 12.2. The second-order valence-corrected chi connectivity index (χ2v) is 5.61. The number of carboxylic acid groups (broad SMARTS) is 1.